The molecule has 1 aliphatic rings. The zero-order valence-electron chi connectivity index (χ0n) is 17.3. The van der Waals surface area contributed by atoms with Crippen molar-refractivity contribution in [2.75, 3.05) is 0 Å². The maximum Gasteiger partial charge on any atom is 0.269 e. The van der Waals surface area contributed by atoms with Gasteiger partial charge in [-0.25, -0.2) is 4.98 Å². The molecule has 1 atom stereocenters. The predicted octanol–water partition coefficient (Wildman–Crippen LogP) is 4.55. The standard InChI is InChI=1S/C23H19N5O3S/c1-14-2-6-16(7-3-14)17-10-20-19(21(29)11-17)12-24-22-25-23(26-27(20)22)32-13-15-4-8-18(9-5-15)28(30)31/h2-9,12,17H,10-11,13H2,1H3. The molecule has 9 heteroatoms. The van der Waals surface area contributed by atoms with Crippen LogP contribution in [0.5, 0.6) is 0 Å². The number of carbonyl (C=O) groups is 1. The molecular weight excluding hydrogens is 426 g/mol. The van der Waals surface area contributed by atoms with E-state index >= 15 is 0 Å². The molecule has 0 amide bonds. The van der Waals surface area contributed by atoms with E-state index in [1.165, 1.54) is 29.5 Å². The molecule has 1 aliphatic carbocycles. The number of carbonyl (C=O) groups excluding carboxylic acids is 1. The SMILES string of the molecule is Cc1ccc(C2CC(=O)c3cnc4nc(SCc5ccc([N+](=O)[O-])cc5)nn4c3C2)cc1. The first-order chi connectivity index (χ1) is 15.5. The van der Waals surface area contributed by atoms with Crippen LogP contribution in [0.3, 0.4) is 0 Å². The number of aryl methyl sites for hydroxylation is 1. The van der Waals surface area contributed by atoms with Crippen LogP contribution in [-0.4, -0.2) is 30.3 Å². The van der Waals surface area contributed by atoms with Crippen LogP contribution in [0.15, 0.2) is 59.9 Å². The van der Waals surface area contributed by atoms with E-state index in [0.717, 1.165) is 16.8 Å². The van der Waals surface area contributed by atoms with Gasteiger partial charge in [0.2, 0.25) is 5.16 Å². The minimum atomic E-state index is -0.416. The van der Waals surface area contributed by atoms with Crippen molar-refractivity contribution in [2.45, 2.75) is 36.6 Å². The monoisotopic (exact) mass is 445 g/mol. The molecule has 0 bridgehead atoms. The summed E-state index contributed by atoms with van der Waals surface area (Å²) in [5.41, 5.74) is 4.78. The van der Waals surface area contributed by atoms with E-state index in [4.69, 9.17) is 0 Å². The number of benzene rings is 2. The van der Waals surface area contributed by atoms with E-state index in [1.807, 2.05) is 6.92 Å². The highest BCUT2D eigenvalue weighted by Crippen LogP contribution is 2.33. The fraction of sp³-hybridized carbons (Fsp3) is 0.217. The van der Waals surface area contributed by atoms with E-state index in [9.17, 15) is 14.9 Å². The highest BCUT2D eigenvalue weighted by molar-refractivity contribution is 7.98. The third-order valence-corrected chi connectivity index (χ3v) is 6.59. The molecule has 5 rings (SSSR count). The van der Waals surface area contributed by atoms with Crippen LogP contribution < -0.4 is 0 Å². The Hall–Kier alpha value is -3.59. The molecule has 4 aromatic rings. The minimum Gasteiger partial charge on any atom is -0.294 e. The van der Waals surface area contributed by atoms with Gasteiger partial charge in [0.25, 0.3) is 11.5 Å². The Morgan fingerprint density at radius 3 is 2.59 bits per heavy atom. The lowest BCUT2D eigenvalue weighted by Crippen LogP contribution is -2.22. The van der Waals surface area contributed by atoms with E-state index in [1.54, 1.807) is 22.8 Å². The average Bonchev–Trinajstić information content (AvgIpc) is 3.22. The maximum absolute atomic E-state index is 12.8. The van der Waals surface area contributed by atoms with Crippen LogP contribution in [0.25, 0.3) is 5.78 Å². The summed E-state index contributed by atoms with van der Waals surface area (Å²) in [6.45, 7) is 2.05. The van der Waals surface area contributed by atoms with Crippen molar-refractivity contribution in [3.05, 3.63) is 92.8 Å². The molecule has 0 saturated carbocycles. The highest BCUT2D eigenvalue weighted by Gasteiger charge is 2.29. The minimum absolute atomic E-state index is 0.0632. The molecule has 0 fully saturated rings. The Bertz CT molecular complexity index is 1330. The van der Waals surface area contributed by atoms with Crippen molar-refractivity contribution >= 4 is 29.0 Å². The summed E-state index contributed by atoms with van der Waals surface area (Å²) >= 11 is 1.43. The van der Waals surface area contributed by atoms with Crippen LogP contribution in [0.4, 0.5) is 5.69 Å². The first-order valence-corrected chi connectivity index (χ1v) is 11.2. The third kappa shape index (κ3) is 3.87. The van der Waals surface area contributed by atoms with Gasteiger partial charge in [0.15, 0.2) is 5.78 Å². The Morgan fingerprint density at radius 2 is 1.88 bits per heavy atom. The van der Waals surface area contributed by atoms with Gasteiger partial charge in [0, 0.05) is 30.5 Å². The summed E-state index contributed by atoms with van der Waals surface area (Å²) < 4.78 is 1.69. The number of hydrogen-bond acceptors (Lipinski definition) is 7. The van der Waals surface area contributed by atoms with Gasteiger partial charge in [-0.15, -0.1) is 5.10 Å². The predicted molar refractivity (Wildman–Crippen MR) is 120 cm³/mol. The molecule has 2 aromatic carbocycles. The summed E-state index contributed by atoms with van der Waals surface area (Å²) in [5, 5.41) is 16.0. The van der Waals surface area contributed by atoms with Crippen molar-refractivity contribution in [2.24, 2.45) is 0 Å². The van der Waals surface area contributed by atoms with Crippen molar-refractivity contribution in [1.82, 2.24) is 19.6 Å². The van der Waals surface area contributed by atoms with Gasteiger partial charge < -0.3 is 0 Å². The molecule has 1 unspecified atom stereocenters. The fourth-order valence-electron chi connectivity index (χ4n) is 3.93. The molecule has 2 heterocycles. The topological polar surface area (TPSA) is 103 Å². The Morgan fingerprint density at radius 1 is 1.12 bits per heavy atom. The van der Waals surface area contributed by atoms with Gasteiger partial charge in [-0.05, 0) is 30.4 Å². The van der Waals surface area contributed by atoms with Gasteiger partial charge in [0.05, 0.1) is 16.2 Å². The van der Waals surface area contributed by atoms with Crippen LogP contribution >= 0.6 is 11.8 Å². The van der Waals surface area contributed by atoms with Gasteiger partial charge >= 0.3 is 0 Å². The van der Waals surface area contributed by atoms with Crippen molar-refractivity contribution < 1.29 is 9.72 Å². The van der Waals surface area contributed by atoms with E-state index in [-0.39, 0.29) is 17.4 Å². The number of thioether (sulfide) groups is 1. The largest absolute Gasteiger partial charge is 0.294 e. The number of nitrogens with zero attached hydrogens (tertiary/aromatic N) is 5. The smallest absolute Gasteiger partial charge is 0.269 e. The number of nitro benzene ring substituents is 1. The molecule has 0 spiro atoms. The number of Topliss-reactive ketones (excluding diaryl/α,β-unsaturated/α-hetero) is 1. The fourth-order valence-corrected chi connectivity index (χ4v) is 4.70. The lowest BCUT2D eigenvalue weighted by Gasteiger charge is -2.23. The van der Waals surface area contributed by atoms with Crippen molar-refractivity contribution in [3.63, 3.8) is 0 Å². The summed E-state index contributed by atoms with van der Waals surface area (Å²) in [7, 11) is 0. The van der Waals surface area contributed by atoms with E-state index in [0.29, 0.717) is 35.1 Å². The summed E-state index contributed by atoms with van der Waals surface area (Å²) in [6, 6.07) is 14.7. The number of fused-ring (bicyclic) bond motifs is 3. The molecule has 2 aromatic heterocycles. The van der Waals surface area contributed by atoms with E-state index in [2.05, 4.69) is 39.3 Å². The second-order valence-corrected chi connectivity index (χ2v) is 8.82. The average molecular weight is 446 g/mol. The quantitative estimate of drug-likeness (QED) is 0.252. The summed E-state index contributed by atoms with van der Waals surface area (Å²) in [5.74, 6) is 1.21. The second kappa shape index (κ2) is 8.16. The van der Waals surface area contributed by atoms with Crippen LogP contribution in [0.2, 0.25) is 0 Å². The molecule has 0 N–H and O–H groups in total. The van der Waals surface area contributed by atoms with Crippen LogP contribution in [-0.2, 0) is 12.2 Å². The Balaban J connectivity index is 1.40. The normalized spacial score (nSPS) is 15.7. The Kier molecular flexibility index (Phi) is 5.18. The first kappa shape index (κ1) is 20.3. The first-order valence-electron chi connectivity index (χ1n) is 10.2. The van der Waals surface area contributed by atoms with E-state index < -0.39 is 4.92 Å². The lowest BCUT2D eigenvalue weighted by atomic mass is 9.82. The maximum atomic E-state index is 12.8. The molecule has 0 radical (unpaired) electrons. The molecule has 0 aliphatic heterocycles. The van der Waals surface area contributed by atoms with Gasteiger partial charge in [-0.3, -0.25) is 14.9 Å². The summed E-state index contributed by atoms with van der Waals surface area (Å²) in [4.78, 5) is 32.1. The number of aromatic nitrogens is 4. The van der Waals surface area contributed by atoms with Crippen molar-refractivity contribution in [1.29, 1.82) is 0 Å². The Labute approximate surface area is 187 Å². The molecule has 160 valence electrons. The number of hydrogen-bond donors (Lipinski definition) is 0. The molecule has 0 saturated heterocycles. The molecule has 32 heavy (non-hydrogen) atoms. The number of ketones is 1. The van der Waals surface area contributed by atoms with Crippen molar-refractivity contribution in [3.8, 4) is 0 Å². The van der Waals surface area contributed by atoms with Crippen LogP contribution in [0.1, 0.15) is 45.1 Å². The summed E-state index contributed by atoms with van der Waals surface area (Å²) in [6.07, 6.45) is 2.76. The number of nitro groups is 1. The highest BCUT2D eigenvalue weighted by atomic mass is 32.2. The lowest BCUT2D eigenvalue weighted by molar-refractivity contribution is -0.384. The van der Waals surface area contributed by atoms with Gasteiger partial charge in [0.1, 0.15) is 0 Å². The van der Waals surface area contributed by atoms with Gasteiger partial charge in [-0.1, -0.05) is 53.7 Å². The zero-order chi connectivity index (χ0) is 22.2. The second-order valence-electron chi connectivity index (χ2n) is 7.88. The number of non-ortho nitro benzene ring substituents is 1. The van der Waals surface area contributed by atoms with Crippen LogP contribution in [0, 0.1) is 17.0 Å². The zero-order valence-corrected chi connectivity index (χ0v) is 18.1. The molecular formula is C23H19N5O3S. The molecule has 8 nitrogen and oxygen atoms in total. The third-order valence-electron chi connectivity index (χ3n) is 5.68. The van der Waals surface area contributed by atoms with Gasteiger partial charge in [-0.2, -0.15) is 9.50 Å². The number of rotatable bonds is 5.